The van der Waals surface area contributed by atoms with Crippen molar-refractivity contribution < 1.29 is 19.4 Å². The predicted molar refractivity (Wildman–Crippen MR) is 67.0 cm³/mol. The number of hydroxylamine groups is 2. The van der Waals surface area contributed by atoms with Gasteiger partial charge in [-0.3, -0.25) is 9.63 Å². The van der Waals surface area contributed by atoms with Crippen molar-refractivity contribution in [3.63, 3.8) is 0 Å². The first kappa shape index (κ1) is 15.1. The smallest absolute Gasteiger partial charge is 0.422 e. The lowest BCUT2D eigenvalue weighted by Gasteiger charge is -2.14. The maximum atomic E-state index is 11.5. The van der Waals surface area contributed by atoms with E-state index >= 15 is 0 Å². The van der Waals surface area contributed by atoms with E-state index in [0.717, 1.165) is 0 Å². The lowest BCUT2D eigenvalue weighted by molar-refractivity contribution is -0.133. The molecule has 1 amide bonds. The van der Waals surface area contributed by atoms with Gasteiger partial charge in [-0.05, 0) is 18.3 Å². The normalized spacial score (nSPS) is 22.8. The fourth-order valence-electron chi connectivity index (χ4n) is 1.62. The SMILES string of the molecule is C=C(CC)B(O)ONC1CNC(C(=O)NOC)C1. The molecule has 0 radical (unpaired) electrons. The van der Waals surface area contributed by atoms with Crippen LogP contribution < -0.4 is 16.3 Å². The molecule has 8 heteroatoms. The number of hydrogen-bond donors (Lipinski definition) is 4. The number of carbonyl (C=O) groups excluding carboxylic acids is 1. The Hall–Kier alpha value is -0.925. The van der Waals surface area contributed by atoms with E-state index in [-0.39, 0.29) is 18.0 Å². The van der Waals surface area contributed by atoms with Crippen molar-refractivity contribution in [3.05, 3.63) is 12.1 Å². The maximum absolute atomic E-state index is 11.5. The molecule has 1 aliphatic rings. The molecule has 18 heavy (non-hydrogen) atoms. The first-order valence-corrected chi connectivity index (χ1v) is 5.91. The number of hydrogen-bond acceptors (Lipinski definition) is 6. The van der Waals surface area contributed by atoms with Crippen LogP contribution in [0.2, 0.25) is 0 Å². The Labute approximate surface area is 107 Å². The molecule has 0 spiro atoms. The Kier molecular flexibility index (Phi) is 6.30. The molecule has 0 saturated carbocycles. The number of nitrogens with one attached hydrogen (secondary N) is 3. The van der Waals surface area contributed by atoms with E-state index in [0.29, 0.717) is 24.9 Å². The molecule has 0 aromatic rings. The van der Waals surface area contributed by atoms with Gasteiger partial charge in [-0.1, -0.05) is 6.92 Å². The summed E-state index contributed by atoms with van der Waals surface area (Å²) in [6, 6.07) is -0.366. The largest absolute Gasteiger partial charge is 0.503 e. The summed E-state index contributed by atoms with van der Waals surface area (Å²) >= 11 is 0. The lowest BCUT2D eigenvalue weighted by Crippen LogP contribution is -2.39. The van der Waals surface area contributed by atoms with Crippen molar-refractivity contribution in [2.45, 2.75) is 31.8 Å². The summed E-state index contributed by atoms with van der Waals surface area (Å²) in [6.45, 7) is 6.14. The van der Waals surface area contributed by atoms with Crippen LogP contribution in [-0.4, -0.2) is 43.8 Å². The van der Waals surface area contributed by atoms with E-state index in [2.05, 4.69) is 27.7 Å². The first-order valence-electron chi connectivity index (χ1n) is 5.91. The van der Waals surface area contributed by atoms with Gasteiger partial charge in [0.1, 0.15) is 0 Å². The first-order chi connectivity index (χ1) is 8.58. The van der Waals surface area contributed by atoms with E-state index in [1.807, 2.05) is 6.92 Å². The molecule has 2 unspecified atom stereocenters. The second kappa shape index (κ2) is 7.50. The minimum Gasteiger partial charge on any atom is -0.422 e. The zero-order valence-electron chi connectivity index (χ0n) is 10.7. The maximum Gasteiger partial charge on any atom is 0.503 e. The number of carbonyl (C=O) groups is 1. The molecule has 0 bridgehead atoms. The zero-order valence-corrected chi connectivity index (χ0v) is 10.7. The van der Waals surface area contributed by atoms with Gasteiger partial charge >= 0.3 is 7.12 Å². The Balaban J connectivity index is 2.26. The number of amides is 1. The molecule has 102 valence electrons. The molecule has 1 rings (SSSR count). The number of rotatable bonds is 7. The molecule has 1 heterocycles. The van der Waals surface area contributed by atoms with Gasteiger partial charge in [0.15, 0.2) is 0 Å². The van der Waals surface area contributed by atoms with Crippen LogP contribution in [0.25, 0.3) is 0 Å². The molecule has 0 aromatic heterocycles. The lowest BCUT2D eigenvalue weighted by atomic mass is 9.79. The summed E-state index contributed by atoms with van der Waals surface area (Å²) in [5.74, 6) is -0.222. The van der Waals surface area contributed by atoms with E-state index in [9.17, 15) is 9.82 Å². The molecule has 7 nitrogen and oxygen atoms in total. The van der Waals surface area contributed by atoms with Crippen molar-refractivity contribution in [3.8, 4) is 0 Å². The van der Waals surface area contributed by atoms with E-state index < -0.39 is 7.12 Å². The Bertz CT molecular complexity index is 303. The molecule has 0 aliphatic carbocycles. The number of allylic oxidation sites excluding steroid dienone is 1. The molecular formula is C10H20BN3O4. The van der Waals surface area contributed by atoms with Crippen LogP contribution in [0.15, 0.2) is 12.1 Å². The molecular weight excluding hydrogens is 237 g/mol. The predicted octanol–water partition coefficient (Wildman–Crippen LogP) is -1.10. The summed E-state index contributed by atoms with van der Waals surface area (Å²) in [5.41, 5.74) is 5.60. The van der Waals surface area contributed by atoms with Crippen LogP contribution >= 0.6 is 0 Å². The van der Waals surface area contributed by atoms with E-state index in [1.54, 1.807) is 0 Å². The fraction of sp³-hybridized carbons (Fsp3) is 0.700. The van der Waals surface area contributed by atoms with Crippen LogP contribution in [0.5, 0.6) is 0 Å². The second-order valence-corrected chi connectivity index (χ2v) is 4.16. The highest BCUT2D eigenvalue weighted by molar-refractivity contribution is 6.51. The van der Waals surface area contributed by atoms with Gasteiger partial charge in [-0.15, -0.1) is 6.58 Å². The molecule has 1 fully saturated rings. The minimum atomic E-state index is -1.03. The summed E-state index contributed by atoms with van der Waals surface area (Å²) in [5, 5.41) is 12.6. The third-order valence-electron chi connectivity index (χ3n) is 2.80. The molecule has 1 saturated heterocycles. The Morgan fingerprint density at radius 2 is 2.39 bits per heavy atom. The highest BCUT2D eigenvalue weighted by Crippen LogP contribution is 2.08. The molecule has 1 aliphatic heterocycles. The van der Waals surface area contributed by atoms with Gasteiger partial charge in [-0.25, -0.2) is 11.0 Å². The summed E-state index contributed by atoms with van der Waals surface area (Å²) in [7, 11) is 0.361. The Morgan fingerprint density at radius 3 is 3.00 bits per heavy atom. The fourth-order valence-corrected chi connectivity index (χ4v) is 1.62. The third-order valence-corrected chi connectivity index (χ3v) is 2.80. The van der Waals surface area contributed by atoms with Gasteiger partial charge < -0.3 is 15.1 Å². The van der Waals surface area contributed by atoms with Crippen molar-refractivity contribution in [2.75, 3.05) is 13.7 Å². The average molecular weight is 257 g/mol. The van der Waals surface area contributed by atoms with Crippen molar-refractivity contribution in [1.29, 1.82) is 0 Å². The van der Waals surface area contributed by atoms with Crippen LogP contribution in [-0.2, 0) is 14.4 Å². The van der Waals surface area contributed by atoms with Gasteiger partial charge in [0.05, 0.1) is 13.2 Å². The van der Waals surface area contributed by atoms with Crippen molar-refractivity contribution in [2.24, 2.45) is 0 Å². The van der Waals surface area contributed by atoms with Crippen LogP contribution in [0, 0.1) is 0 Å². The second-order valence-electron chi connectivity index (χ2n) is 4.16. The molecule has 0 aromatic carbocycles. The zero-order chi connectivity index (χ0) is 13.5. The van der Waals surface area contributed by atoms with Crippen LogP contribution in [0.3, 0.4) is 0 Å². The minimum absolute atomic E-state index is 0.0445. The quantitative estimate of drug-likeness (QED) is 0.342. The van der Waals surface area contributed by atoms with Crippen LogP contribution in [0.4, 0.5) is 0 Å². The molecule has 4 N–H and O–H groups in total. The topological polar surface area (TPSA) is 91.9 Å². The molecule has 2 atom stereocenters. The highest BCUT2D eigenvalue weighted by Gasteiger charge is 2.30. The average Bonchev–Trinajstić information content (AvgIpc) is 2.84. The van der Waals surface area contributed by atoms with Crippen LogP contribution in [0.1, 0.15) is 19.8 Å². The summed E-state index contributed by atoms with van der Waals surface area (Å²) < 4.78 is 5.07. The van der Waals surface area contributed by atoms with Gasteiger partial charge in [0.2, 0.25) is 0 Å². The highest BCUT2D eigenvalue weighted by atomic mass is 16.7. The van der Waals surface area contributed by atoms with E-state index in [4.69, 9.17) is 4.76 Å². The standard InChI is InChI=1S/C10H20BN3O4/c1-4-7(2)11(16)18-13-8-5-9(12-6-8)10(15)14-17-3/h8-9,12-13,16H,2,4-6H2,1,3H3,(H,14,15). The van der Waals surface area contributed by atoms with Gasteiger partial charge in [0.25, 0.3) is 5.91 Å². The third kappa shape index (κ3) is 4.39. The summed E-state index contributed by atoms with van der Waals surface area (Å²) in [6.07, 6.45) is 1.20. The monoisotopic (exact) mass is 257 g/mol. The van der Waals surface area contributed by atoms with E-state index in [1.165, 1.54) is 7.11 Å². The summed E-state index contributed by atoms with van der Waals surface area (Å²) in [4.78, 5) is 16.0. The van der Waals surface area contributed by atoms with Gasteiger partial charge in [0, 0.05) is 12.6 Å². The van der Waals surface area contributed by atoms with Gasteiger partial charge in [-0.2, -0.15) is 0 Å². The Morgan fingerprint density at radius 1 is 1.67 bits per heavy atom. The van der Waals surface area contributed by atoms with Crippen molar-refractivity contribution in [1.82, 2.24) is 16.3 Å². The van der Waals surface area contributed by atoms with Crippen molar-refractivity contribution >= 4 is 13.0 Å².